The molecule has 22 heavy (non-hydrogen) atoms. The Kier molecular flexibility index (Phi) is 4.90. The van der Waals surface area contributed by atoms with E-state index in [1.165, 1.54) is 18.2 Å². The normalized spacial score (nSPS) is 22.6. The van der Waals surface area contributed by atoms with Crippen LogP contribution in [0.3, 0.4) is 0 Å². The predicted molar refractivity (Wildman–Crippen MR) is 73.2 cm³/mol. The number of nitrogens with zero attached hydrogens (tertiary/aromatic N) is 2. The molecule has 1 aromatic rings. The molecule has 1 saturated heterocycles. The maximum Gasteiger partial charge on any atom is 0.393 e. The van der Waals surface area contributed by atoms with Gasteiger partial charge in [-0.25, -0.2) is 4.98 Å². The van der Waals surface area contributed by atoms with Crippen LogP contribution in [0.5, 0.6) is 5.88 Å². The minimum Gasteiger partial charge on any atom is -0.481 e. The third-order valence-corrected chi connectivity index (χ3v) is 3.73. The lowest BCUT2D eigenvalue weighted by Crippen LogP contribution is -2.39. The topological polar surface area (TPSA) is 54.5 Å². The Labute approximate surface area is 126 Å². The summed E-state index contributed by atoms with van der Waals surface area (Å²) in [5, 5.41) is 2.57. The van der Waals surface area contributed by atoms with Gasteiger partial charge in [0.15, 0.2) is 0 Å². The van der Waals surface area contributed by atoms with Gasteiger partial charge < -0.3 is 15.0 Å². The van der Waals surface area contributed by atoms with Crippen molar-refractivity contribution in [3.63, 3.8) is 0 Å². The number of aromatic nitrogens is 1. The number of amides is 1. The highest BCUT2D eigenvalue weighted by Gasteiger charge is 2.51. The van der Waals surface area contributed by atoms with Crippen LogP contribution in [0.25, 0.3) is 0 Å². The lowest BCUT2D eigenvalue weighted by Gasteiger charge is -2.20. The zero-order chi connectivity index (χ0) is 16.3. The number of hydrogen-bond donors (Lipinski definition) is 1. The Morgan fingerprint density at radius 2 is 2.23 bits per heavy atom. The number of ether oxygens (including phenoxy) is 1. The van der Waals surface area contributed by atoms with Crippen molar-refractivity contribution in [2.24, 2.45) is 11.8 Å². The van der Waals surface area contributed by atoms with Gasteiger partial charge in [0.25, 0.3) is 0 Å². The molecule has 1 aromatic heterocycles. The summed E-state index contributed by atoms with van der Waals surface area (Å²) in [6.45, 7) is 0.100. The summed E-state index contributed by atoms with van der Waals surface area (Å²) in [5.41, 5.74) is 0.718. The number of hydrogen-bond acceptors (Lipinski definition) is 4. The monoisotopic (exact) mass is 317 g/mol. The molecular formula is C14H18F3N3O2. The van der Waals surface area contributed by atoms with Crippen LogP contribution in [-0.2, 0) is 11.3 Å². The summed E-state index contributed by atoms with van der Waals surface area (Å²) in [4.78, 5) is 17.5. The van der Waals surface area contributed by atoms with Crippen molar-refractivity contribution < 1.29 is 22.7 Å². The van der Waals surface area contributed by atoms with E-state index in [1.807, 2.05) is 0 Å². The SMILES string of the molecule is COc1cc(CNC(=O)[C@@H]2CN(C)C[C@H]2C(F)(F)F)ccn1. The van der Waals surface area contributed by atoms with Crippen molar-refractivity contribution in [2.45, 2.75) is 12.7 Å². The Morgan fingerprint density at radius 3 is 2.86 bits per heavy atom. The van der Waals surface area contributed by atoms with Gasteiger partial charge in [0.05, 0.1) is 18.9 Å². The van der Waals surface area contributed by atoms with Crippen molar-refractivity contribution >= 4 is 5.91 Å². The summed E-state index contributed by atoms with van der Waals surface area (Å²) < 4.78 is 43.9. The van der Waals surface area contributed by atoms with Crippen LogP contribution in [0.15, 0.2) is 18.3 Å². The molecular weight excluding hydrogens is 299 g/mol. The fourth-order valence-electron chi connectivity index (χ4n) is 2.59. The van der Waals surface area contributed by atoms with Crippen LogP contribution >= 0.6 is 0 Å². The Hall–Kier alpha value is -1.83. The fourth-order valence-corrected chi connectivity index (χ4v) is 2.59. The average Bonchev–Trinajstić information content (AvgIpc) is 2.87. The molecule has 122 valence electrons. The van der Waals surface area contributed by atoms with Crippen LogP contribution in [-0.4, -0.2) is 49.2 Å². The fraction of sp³-hybridized carbons (Fsp3) is 0.571. The van der Waals surface area contributed by atoms with Gasteiger partial charge >= 0.3 is 6.18 Å². The van der Waals surface area contributed by atoms with Gasteiger partial charge in [0, 0.05) is 31.9 Å². The van der Waals surface area contributed by atoms with E-state index in [4.69, 9.17) is 4.74 Å². The third-order valence-electron chi connectivity index (χ3n) is 3.73. The molecule has 0 aromatic carbocycles. The van der Waals surface area contributed by atoms with Crippen LogP contribution in [0.2, 0.25) is 0 Å². The molecule has 1 N–H and O–H groups in total. The lowest BCUT2D eigenvalue weighted by atomic mass is 9.94. The number of methoxy groups -OCH3 is 1. The molecule has 0 radical (unpaired) electrons. The Balaban J connectivity index is 1.99. The van der Waals surface area contributed by atoms with Gasteiger partial charge in [-0.05, 0) is 18.7 Å². The van der Waals surface area contributed by atoms with Crippen LogP contribution < -0.4 is 10.1 Å². The van der Waals surface area contributed by atoms with Crippen molar-refractivity contribution in [1.29, 1.82) is 0 Å². The molecule has 0 saturated carbocycles. The van der Waals surface area contributed by atoms with E-state index in [-0.39, 0.29) is 19.6 Å². The molecule has 2 heterocycles. The van der Waals surface area contributed by atoms with Gasteiger partial charge in [0.1, 0.15) is 0 Å². The van der Waals surface area contributed by atoms with Crippen molar-refractivity contribution in [3.05, 3.63) is 23.9 Å². The molecule has 1 aliphatic heterocycles. The van der Waals surface area contributed by atoms with Gasteiger partial charge in [0.2, 0.25) is 11.8 Å². The van der Waals surface area contributed by atoms with E-state index >= 15 is 0 Å². The smallest absolute Gasteiger partial charge is 0.393 e. The lowest BCUT2D eigenvalue weighted by molar-refractivity contribution is -0.183. The standard InChI is InChI=1S/C14H18F3N3O2/c1-20-7-10(11(8-20)14(15,16)17)13(21)19-6-9-3-4-18-12(5-9)22-2/h3-5,10-11H,6-8H2,1-2H3,(H,19,21)/t10-,11-/m1/s1. The second kappa shape index (κ2) is 6.51. The van der Waals surface area contributed by atoms with Crippen LogP contribution in [0.4, 0.5) is 13.2 Å². The molecule has 8 heteroatoms. The number of carbonyl (C=O) groups excluding carboxylic acids is 1. The number of likely N-dealkylation sites (tertiary alicyclic amines) is 1. The van der Waals surface area contributed by atoms with Crippen molar-refractivity contribution in [3.8, 4) is 5.88 Å². The van der Waals surface area contributed by atoms with E-state index in [0.717, 1.165) is 5.56 Å². The quantitative estimate of drug-likeness (QED) is 0.913. The Bertz CT molecular complexity index is 536. The largest absolute Gasteiger partial charge is 0.481 e. The first-order valence-corrected chi connectivity index (χ1v) is 6.83. The van der Waals surface area contributed by atoms with Gasteiger partial charge in [-0.1, -0.05) is 0 Å². The van der Waals surface area contributed by atoms with Crippen LogP contribution in [0.1, 0.15) is 5.56 Å². The average molecular weight is 317 g/mol. The zero-order valence-electron chi connectivity index (χ0n) is 12.4. The van der Waals surface area contributed by atoms with Crippen molar-refractivity contribution in [1.82, 2.24) is 15.2 Å². The second-order valence-electron chi connectivity index (χ2n) is 5.40. The molecule has 1 amide bonds. The van der Waals surface area contributed by atoms with E-state index in [9.17, 15) is 18.0 Å². The number of nitrogens with one attached hydrogen (secondary N) is 1. The van der Waals surface area contributed by atoms with Crippen molar-refractivity contribution in [2.75, 3.05) is 27.2 Å². The number of halogens is 3. The maximum absolute atomic E-state index is 13.0. The van der Waals surface area contributed by atoms with Gasteiger partial charge in [-0.15, -0.1) is 0 Å². The second-order valence-corrected chi connectivity index (χ2v) is 5.40. The predicted octanol–water partition coefficient (Wildman–Crippen LogP) is 1.45. The third kappa shape index (κ3) is 3.88. The first kappa shape index (κ1) is 16.5. The van der Waals surface area contributed by atoms with E-state index < -0.39 is 23.9 Å². The van der Waals surface area contributed by atoms with E-state index in [0.29, 0.717) is 5.88 Å². The summed E-state index contributed by atoms with van der Waals surface area (Å²) in [6.07, 6.45) is -2.85. The van der Waals surface area contributed by atoms with Gasteiger partial charge in [-0.2, -0.15) is 13.2 Å². The molecule has 1 fully saturated rings. The first-order chi connectivity index (χ1) is 10.3. The molecule has 1 aliphatic rings. The van der Waals surface area contributed by atoms with E-state index in [1.54, 1.807) is 19.2 Å². The highest BCUT2D eigenvalue weighted by atomic mass is 19.4. The molecule has 0 bridgehead atoms. The highest BCUT2D eigenvalue weighted by Crippen LogP contribution is 2.37. The minimum absolute atomic E-state index is 0.107. The molecule has 0 aliphatic carbocycles. The molecule has 2 rings (SSSR count). The summed E-state index contributed by atoms with van der Waals surface area (Å²) in [5.74, 6) is -2.89. The summed E-state index contributed by atoms with van der Waals surface area (Å²) >= 11 is 0. The maximum atomic E-state index is 13.0. The first-order valence-electron chi connectivity index (χ1n) is 6.83. The van der Waals surface area contributed by atoms with Gasteiger partial charge in [-0.3, -0.25) is 4.79 Å². The molecule has 0 spiro atoms. The molecule has 2 atom stereocenters. The number of rotatable bonds is 4. The number of pyridine rings is 1. The molecule has 5 nitrogen and oxygen atoms in total. The molecule has 0 unspecified atom stereocenters. The Morgan fingerprint density at radius 1 is 1.50 bits per heavy atom. The summed E-state index contributed by atoms with van der Waals surface area (Å²) in [6, 6.07) is 3.30. The van der Waals surface area contributed by atoms with E-state index in [2.05, 4.69) is 10.3 Å². The highest BCUT2D eigenvalue weighted by molar-refractivity contribution is 5.79. The van der Waals surface area contributed by atoms with Crippen LogP contribution in [0, 0.1) is 11.8 Å². The minimum atomic E-state index is -4.37. The number of alkyl halides is 3. The zero-order valence-corrected chi connectivity index (χ0v) is 12.4. The summed E-state index contributed by atoms with van der Waals surface area (Å²) in [7, 11) is 3.05. The number of carbonyl (C=O) groups is 1.